The van der Waals surface area contributed by atoms with Gasteiger partial charge in [-0.15, -0.1) is 0 Å². The number of H-pyrrole nitrogens is 1. The van der Waals surface area contributed by atoms with E-state index in [2.05, 4.69) is 48.0 Å². The van der Waals surface area contributed by atoms with Crippen LogP contribution in [0.2, 0.25) is 0 Å². The number of hydrogen-bond acceptors (Lipinski definition) is 4. The van der Waals surface area contributed by atoms with Crippen molar-refractivity contribution in [2.45, 2.75) is 26.5 Å². The minimum absolute atomic E-state index is 0.0385. The Morgan fingerprint density at radius 1 is 0.903 bits per heavy atom. The Labute approximate surface area is 183 Å². The highest BCUT2D eigenvalue weighted by Crippen LogP contribution is 2.30. The molecule has 0 saturated carbocycles. The van der Waals surface area contributed by atoms with Gasteiger partial charge in [-0.25, -0.2) is 4.98 Å². The van der Waals surface area contributed by atoms with Gasteiger partial charge in [0.15, 0.2) is 0 Å². The zero-order valence-electron chi connectivity index (χ0n) is 18.3. The summed E-state index contributed by atoms with van der Waals surface area (Å²) in [4.78, 5) is 10.8. The van der Waals surface area contributed by atoms with Crippen molar-refractivity contribution < 1.29 is 9.47 Å². The second-order valence-electron chi connectivity index (χ2n) is 7.47. The number of imidazole rings is 1. The van der Waals surface area contributed by atoms with Crippen molar-refractivity contribution in [1.82, 2.24) is 14.9 Å². The van der Waals surface area contributed by atoms with Gasteiger partial charge in [0, 0.05) is 6.07 Å². The molecule has 31 heavy (non-hydrogen) atoms. The lowest BCUT2D eigenvalue weighted by molar-refractivity contribution is 0.243. The maximum atomic E-state index is 5.97. The van der Waals surface area contributed by atoms with E-state index in [1.165, 1.54) is 5.56 Å². The smallest absolute Gasteiger partial charge is 0.129 e. The lowest BCUT2D eigenvalue weighted by atomic mass is 10.0. The summed E-state index contributed by atoms with van der Waals surface area (Å²) in [5.74, 6) is 2.62. The number of aromatic nitrogens is 2. The second kappa shape index (κ2) is 9.67. The van der Waals surface area contributed by atoms with Crippen LogP contribution in [0.15, 0.2) is 72.8 Å². The first-order chi connectivity index (χ1) is 15.2. The van der Waals surface area contributed by atoms with Crippen molar-refractivity contribution in [3.8, 4) is 11.5 Å². The van der Waals surface area contributed by atoms with E-state index in [-0.39, 0.29) is 6.04 Å². The van der Waals surface area contributed by atoms with Crippen molar-refractivity contribution in [1.29, 1.82) is 0 Å². The predicted molar refractivity (Wildman–Crippen MR) is 125 cm³/mol. The average molecular weight is 416 g/mol. The molecule has 4 aromatic rings. The maximum Gasteiger partial charge on any atom is 0.129 e. The molecule has 1 atom stereocenters. The molecule has 1 unspecified atom stereocenters. The lowest BCUT2D eigenvalue weighted by Gasteiger charge is -2.28. The van der Waals surface area contributed by atoms with Gasteiger partial charge in [0.05, 0.1) is 24.2 Å². The first-order valence-corrected chi connectivity index (χ1v) is 10.8. The van der Waals surface area contributed by atoms with Crippen LogP contribution < -0.4 is 9.47 Å². The average Bonchev–Trinajstić information content (AvgIpc) is 3.25. The maximum absolute atomic E-state index is 5.97. The van der Waals surface area contributed by atoms with Gasteiger partial charge in [0.2, 0.25) is 0 Å². The molecule has 4 rings (SSSR count). The van der Waals surface area contributed by atoms with E-state index in [1.807, 2.05) is 48.5 Å². The van der Waals surface area contributed by atoms with Gasteiger partial charge in [-0.05, 0) is 48.5 Å². The Hall–Kier alpha value is -3.31. The minimum atomic E-state index is 0.0385. The van der Waals surface area contributed by atoms with E-state index in [9.17, 15) is 0 Å². The van der Waals surface area contributed by atoms with Gasteiger partial charge in [-0.1, -0.05) is 56.3 Å². The first kappa shape index (κ1) is 20.9. The zero-order valence-corrected chi connectivity index (χ0v) is 18.3. The molecule has 5 nitrogen and oxygen atoms in total. The van der Waals surface area contributed by atoms with Crippen LogP contribution in [0.5, 0.6) is 11.5 Å². The summed E-state index contributed by atoms with van der Waals surface area (Å²) in [6.45, 7) is 6.77. The number of nitrogens with zero attached hydrogens (tertiary/aromatic N) is 2. The third-order valence-electron chi connectivity index (χ3n) is 5.59. The van der Waals surface area contributed by atoms with Gasteiger partial charge in [0.25, 0.3) is 0 Å². The molecule has 1 N–H and O–H groups in total. The predicted octanol–water partition coefficient (Wildman–Crippen LogP) is 5.58. The highest BCUT2D eigenvalue weighted by atomic mass is 16.5. The molecule has 3 aromatic carbocycles. The van der Waals surface area contributed by atoms with Gasteiger partial charge in [0.1, 0.15) is 23.9 Å². The number of ether oxygens (including phenoxy) is 2. The molecule has 0 aliphatic carbocycles. The van der Waals surface area contributed by atoms with Crippen molar-refractivity contribution in [2.75, 3.05) is 20.2 Å². The normalized spacial score (nSPS) is 12.3. The van der Waals surface area contributed by atoms with Crippen LogP contribution in [0.25, 0.3) is 11.0 Å². The van der Waals surface area contributed by atoms with E-state index in [0.29, 0.717) is 6.61 Å². The molecule has 1 aromatic heterocycles. The van der Waals surface area contributed by atoms with Crippen LogP contribution in [0.1, 0.15) is 36.8 Å². The summed E-state index contributed by atoms with van der Waals surface area (Å²) < 4.78 is 11.3. The van der Waals surface area contributed by atoms with E-state index in [4.69, 9.17) is 14.5 Å². The van der Waals surface area contributed by atoms with Crippen LogP contribution in [0.3, 0.4) is 0 Å². The molecule has 0 aliphatic heterocycles. The number of rotatable bonds is 9. The zero-order chi connectivity index (χ0) is 21.6. The molecule has 5 heteroatoms. The molecule has 0 spiro atoms. The third-order valence-corrected chi connectivity index (χ3v) is 5.59. The Morgan fingerprint density at radius 3 is 2.29 bits per heavy atom. The summed E-state index contributed by atoms with van der Waals surface area (Å²) in [6, 6.07) is 24.5. The van der Waals surface area contributed by atoms with Crippen molar-refractivity contribution >= 4 is 11.0 Å². The van der Waals surface area contributed by atoms with Crippen molar-refractivity contribution in [3.05, 3.63) is 89.7 Å². The number of methoxy groups -OCH3 is 1. The number of aromatic amines is 1. The number of benzene rings is 3. The molecule has 0 fully saturated rings. The van der Waals surface area contributed by atoms with Crippen LogP contribution in [0.4, 0.5) is 0 Å². The molecule has 0 radical (unpaired) electrons. The molecule has 1 heterocycles. The van der Waals surface area contributed by atoms with Crippen LogP contribution in [-0.2, 0) is 6.61 Å². The van der Waals surface area contributed by atoms with E-state index >= 15 is 0 Å². The monoisotopic (exact) mass is 415 g/mol. The van der Waals surface area contributed by atoms with Gasteiger partial charge in [-0.3, -0.25) is 4.90 Å². The third kappa shape index (κ3) is 4.72. The fourth-order valence-corrected chi connectivity index (χ4v) is 3.88. The Kier molecular flexibility index (Phi) is 6.53. The molecular formula is C26H29N3O2. The summed E-state index contributed by atoms with van der Waals surface area (Å²) in [6.07, 6.45) is 0. The molecule has 0 aliphatic rings. The largest absolute Gasteiger partial charge is 0.497 e. The molecule has 160 valence electrons. The van der Waals surface area contributed by atoms with Crippen molar-refractivity contribution in [3.63, 3.8) is 0 Å². The number of nitrogens with one attached hydrogen (secondary N) is 1. The second-order valence-corrected chi connectivity index (χ2v) is 7.47. The summed E-state index contributed by atoms with van der Waals surface area (Å²) in [5.41, 5.74) is 4.26. The Bertz CT molecular complexity index is 1100. The highest BCUT2D eigenvalue weighted by molar-refractivity contribution is 5.77. The molecule has 0 bridgehead atoms. The van der Waals surface area contributed by atoms with Crippen LogP contribution >= 0.6 is 0 Å². The SMILES string of the molecule is CCN(CC)C(c1ccc(OCc2ccccc2)cc1)c1nc2ccc(OC)cc2[nH]1. The fourth-order valence-electron chi connectivity index (χ4n) is 3.88. The van der Waals surface area contributed by atoms with E-state index in [0.717, 1.165) is 47.0 Å². The summed E-state index contributed by atoms with van der Waals surface area (Å²) >= 11 is 0. The lowest BCUT2D eigenvalue weighted by Crippen LogP contribution is -2.30. The molecular weight excluding hydrogens is 386 g/mol. The first-order valence-electron chi connectivity index (χ1n) is 10.8. The number of fused-ring (bicyclic) bond motifs is 1. The van der Waals surface area contributed by atoms with Crippen LogP contribution in [-0.4, -0.2) is 35.1 Å². The highest BCUT2D eigenvalue weighted by Gasteiger charge is 2.23. The minimum Gasteiger partial charge on any atom is -0.497 e. The molecule has 0 saturated heterocycles. The summed E-state index contributed by atoms with van der Waals surface area (Å²) in [5, 5.41) is 0. The van der Waals surface area contributed by atoms with Crippen LogP contribution in [0, 0.1) is 0 Å². The van der Waals surface area contributed by atoms with Gasteiger partial charge in [-0.2, -0.15) is 0 Å². The van der Waals surface area contributed by atoms with Gasteiger partial charge < -0.3 is 14.5 Å². The summed E-state index contributed by atoms with van der Waals surface area (Å²) in [7, 11) is 1.68. The number of hydrogen-bond donors (Lipinski definition) is 1. The standard InChI is InChI=1S/C26H29N3O2/c1-4-29(5-2)25(26-27-23-16-15-22(30-3)17-24(23)28-26)20-11-13-21(14-12-20)31-18-19-9-7-6-8-10-19/h6-17,25H,4-5,18H2,1-3H3,(H,27,28). The van der Waals surface area contributed by atoms with E-state index < -0.39 is 0 Å². The topological polar surface area (TPSA) is 50.4 Å². The molecule has 0 amide bonds. The fraction of sp³-hybridized carbons (Fsp3) is 0.269. The Balaban J connectivity index is 1.60. The quantitative estimate of drug-likeness (QED) is 0.388. The van der Waals surface area contributed by atoms with E-state index in [1.54, 1.807) is 7.11 Å². The van der Waals surface area contributed by atoms with Gasteiger partial charge >= 0.3 is 0 Å². The Morgan fingerprint density at radius 2 is 1.61 bits per heavy atom. The van der Waals surface area contributed by atoms with Crippen molar-refractivity contribution in [2.24, 2.45) is 0 Å².